The molecule has 0 bridgehead atoms. The third kappa shape index (κ3) is 4.20. The predicted molar refractivity (Wildman–Crippen MR) is 96.3 cm³/mol. The van der Waals surface area contributed by atoms with E-state index in [-0.39, 0.29) is 11.8 Å². The van der Waals surface area contributed by atoms with Crippen LogP contribution in [0, 0.1) is 0 Å². The van der Waals surface area contributed by atoms with E-state index < -0.39 is 23.7 Å². The predicted octanol–water partition coefficient (Wildman–Crippen LogP) is 2.66. The second-order valence-corrected chi connectivity index (χ2v) is 13.3. The summed E-state index contributed by atoms with van der Waals surface area (Å²) < 4.78 is 57.5. The molecule has 1 heterocycles. The van der Waals surface area contributed by atoms with Gasteiger partial charge in [-0.05, 0) is 17.5 Å². The molecule has 0 aliphatic carbocycles. The molecular weight excluding hydrogens is 403 g/mol. The summed E-state index contributed by atoms with van der Waals surface area (Å²) in [5, 5.41) is 5.54. The zero-order valence-electron chi connectivity index (χ0n) is 14.5. The van der Waals surface area contributed by atoms with Gasteiger partial charge in [-0.25, -0.2) is 0 Å². The number of hydrogen-bond acceptors (Lipinski definition) is 4. The summed E-state index contributed by atoms with van der Waals surface area (Å²) in [5.74, 6) is -0.591. The first kappa shape index (κ1) is 21.1. The lowest BCUT2D eigenvalue weighted by molar-refractivity contribution is -0.0510. The molecule has 0 spiro atoms. The van der Waals surface area contributed by atoms with Gasteiger partial charge < -0.3 is 0 Å². The standard InChI is InChI=1S/C15H15NO2Si.CHF3O3S/c1-19(2,3)12-8-7-11-13-9(12)5-4-6-10(13)14(17)16-15(11)18;2-1(3,4)8(5,6)7/h4-8H,1-3H3,(H,16,17,18);(H,5,6,7). The topological polar surface area (TPSA) is 101 Å². The molecule has 2 N–H and O–H groups in total. The van der Waals surface area contributed by atoms with Crippen molar-refractivity contribution in [2.24, 2.45) is 0 Å². The van der Waals surface area contributed by atoms with Crippen LogP contribution in [0.1, 0.15) is 20.7 Å². The summed E-state index contributed by atoms with van der Waals surface area (Å²) in [7, 11) is -7.36. The van der Waals surface area contributed by atoms with Crippen LogP contribution in [0.4, 0.5) is 13.2 Å². The number of nitrogens with one attached hydrogen (secondary N) is 1. The molecule has 11 heteroatoms. The van der Waals surface area contributed by atoms with Gasteiger partial charge in [0.1, 0.15) is 0 Å². The van der Waals surface area contributed by atoms with Crippen molar-refractivity contribution in [3.05, 3.63) is 41.5 Å². The SMILES string of the molecule is C[Si](C)(C)c1ccc2c3c(cccc13)C(=O)NC2=O.O=S(=O)(O)C(F)(F)F. The Morgan fingerprint density at radius 1 is 0.963 bits per heavy atom. The number of benzene rings is 2. The lowest BCUT2D eigenvalue weighted by Crippen LogP contribution is -2.40. The summed E-state index contributed by atoms with van der Waals surface area (Å²) in [6.07, 6.45) is 0. The Hall–Kier alpha value is -2.24. The van der Waals surface area contributed by atoms with Gasteiger partial charge in [-0.15, -0.1) is 0 Å². The number of halogens is 3. The van der Waals surface area contributed by atoms with Crippen molar-refractivity contribution in [1.29, 1.82) is 0 Å². The normalized spacial score (nSPS) is 14.5. The quantitative estimate of drug-likeness (QED) is 0.320. The second-order valence-electron chi connectivity index (χ2n) is 6.84. The fraction of sp³-hybridized carbons (Fsp3) is 0.250. The average Bonchev–Trinajstić information content (AvgIpc) is 2.49. The molecule has 0 saturated heterocycles. The van der Waals surface area contributed by atoms with E-state index in [4.69, 9.17) is 13.0 Å². The number of alkyl halides is 3. The van der Waals surface area contributed by atoms with Crippen molar-refractivity contribution >= 4 is 46.0 Å². The first-order valence-electron chi connectivity index (χ1n) is 7.60. The van der Waals surface area contributed by atoms with Crippen molar-refractivity contribution in [3.8, 4) is 0 Å². The van der Waals surface area contributed by atoms with Gasteiger partial charge in [-0.1, -0.05) is 43.0 Å². The molecule has 0 atom stereocenters. The van der Waals surface area contributed by atoms with E-state index in [2.05, 4.69) is 25.0 Å². The first-order chi connectivity index (χ1) is 12.1. The largest absolute Gasteiger partial charge is 0.522 e. The minimum atomic E-state index is -5.84. The van der Waals surface area contributed by atoms with E-state index >= 15 is 0 Å². The third-order valence-electron chi connectivity index (χ3n) is 3.86. The minimum absolute atomic E-state index is 0.296. The van der Waals surface area contributed by atoms with E-state index in [0.717, 1.165) is 10.8 Å². The Kier molecular flexibility index (Phi) is 5.25. The second kappa shape index (κ2) is 6.73. The Bertz CT molecular complexity index is 1020. The van der Waals surface area contributed by atoms with E-state index in [1.807, 2.05) is 24.3 Å². The van der Waals surface area contributed by atoms with Crippen LogP contribution in [0.3, 0.4) is 0 Å². The summed E-state index contributed by atoms with van der Waals surface area (Å²) in [6, 6.07) is 9.58. The van der Waals surface area contributed by atoms with E-state index in [0.29, 0.717) is 11.1 Å². The molecule has 3 rings (SSSR count). The zero-order chi connectivity index (χ0) is 20.8. The minimum Gasteiger partial charge on any atom is -0.288 e. The van der Waals surface area contributed by atoms with Crippen LogP contribution in [0.5, 0.6) is 0 Å². The summed E-state index contributed by atoms with van der Waals surface area (Å²) in [6.45, 7) is 6.80. The van der Waals surface area contributed by atoms with Gasteiger partial charge in [-0.2, -0.15) is 21.6 Å². The number of imide groups is 1. The smallest absolute Gasteiger partial charge is 0.288 e. The summed E-state index contributed by atoms with van der Waals surface area (Å²) in [5.41, 5.74) is -4.33. The van der Waals surface area contributed by atoms with Crippen LogP contribution in [-0.2, 0) is 10.1 Å². The van der Waals surface area contributed by atoms with Gasteiger partial charge in [0, 0.05) is 16.5 Å². The van der Waals surface area contributed by atoms with Crippen LogP contribution in [0.15, 0.2) is 30.3 Å². The van der Waals surface area contributed by atoms with E-state index in [9.17, 15) is 22.8 Å². The highest BCUT2D eigenvalue weighted by Crippen LogP contribution is 2.26. The molecule has 2 amide bonds. The van der Waals surface area contributed by atoms with Crippen LogP contribution in [0.2, 0.25) is 19.6 Å². The highest BCUT2D eigenvalue weighted by molar-refractivity contribution is 7.86. The van der Waals surface area contributed by atoms with Crippen LogP contribution < -0.4 is 10.5 Å². The van der Waals surface area contributed by atoms with Crippen molar-refractivity contribution in [3.63, 3.8) is 0 Å². The molecule has 0 unspecified atom stereocenters. The molecule has 1 aliphatic heterocycles. The fourth-order valence-electron chi connectivity index (χ4n) is 2.68. The molecule has 2 aromatic carbocycles. The van der Waals surface area contributed by atoms with Gasteiger partial charge in [0.2, 0.25) is 0 Å². The lowest BCUT2D eigenvalue weighted by Gasteiger charge is -2.23. The maximum absolute atomic E-state index is 11.9. The molecule has 146 valence electrons. The molecule has 2 aromatic rings. The highest BCUT2D eigenvalue weighted by atomic mass is 32.2. The van der Waals surface area contributed by atoms with Crippen molar-refractivity contribution in [1.82, 2.24) is 5.32 Å². The van der Waals surface area contributed by atoms with Crippen LogP contribution in [0.25, 0.3) is 10.8 Å². The number of amides is 2. The molecule has 1 aliphatic rings. The Balaban J connectivity index is 0.000000279. The Labute approximate surface area is 154 Å². The number of carbonyl (C=O) groups excluding carboxylic acids is 2. The monoisotopic (exact) mass is 419 g/mol. The molecular formula is C16H16F3NO5SSi. The van der Waals surface area contributed by atoms with Gasteiger partial charge in [0.25, 0.3) is 11.8 Å². The molecule has 0 saturated carbocycles. The number of carbonyl (C=O) groups is 2. The van der Waals surface area contributed by atoms with Gasteiger partial charge in [0.15, 0.2) is 0 Å². The van der Waals surface area contributed by atoms with E-state index in [1.165, 1.54) is 5.19 Å². The van der Waals surface area contributed by atoms with Gasteiger partial charge in [0.05, 0.1) is 8.07 Å². The maximum atomic E-state index is 11.9. The highest BCUT2D eigenvalue weighted by Gasteiger charge is 2.44. The van der Waals surface area contributed by atoms with Gasteiger partial charge in [-0.3, -0.25) is 19.5 Å². The maximum Gasteiger partial charge on any atom is 0.522 e. The summed E-state index contributed by atoms with van der Waals surface area (Å²) in [4.78, 5) is 23.8. The van der Waals surface area contributed by atoms with Crippen LogP contribution in [-0.4, -0.2) is 38.4 Å². The lowest BCUT2D eigenvalue weighted by atomic mass is 9.95. The third-order valence-corrected chi connectivity index (χ3v) is 6.49. The van der Waals surface area contributed by atoms with Crippen molar-refractivity contribution < 1.29 is 35.7 Å². The molecule has 0 fully saturated rings. The Morgan fingerprint density at radius 2 is 1.44 bits per heavy atom. The average molecular weight is 419 g/mol. The summed E-state index contributed by atoms with van der Waals surface area (Å²) >= 11 is 0. The van der Waals surface area contributed by atoms with Crippen LogP contribution >= 0.6 is 0 Å². The molecule has 0 aromatic heterocycles. The zero-order valence-corrected chi connectivity index (χ0v) is 16.3. The Morgan fingerprint density at radius 3 is 1.89 bits per heavy atom. The fourth-order valence-corrected chi connectivity index (χ4v) is 4.28. The van der Waals surface area contributed by atoms with Crippen molar-refractivity contribution in [2.45, 2.75) is 25.1 Å². The first-order valence-corrected chi connectivity index (χ1v) is 12.5. The van der Waals surface area contributed by atoms with Gasteiger partial charge >= 0.3 is 15.6 Å². The van der Waals surface area contributed by atoms with E-state index in [1.54, 1.807) is 6.07 Å². The molecule has 0 radical (unpaired) electrons. The van der Waals surface area contributed by atoms with Crippen molar-refractivity contribution in [2.75, 3.05) is 0 Å². The number of hydrogen-bond donors (Lipinski definition) is 2. The number of rotatable bonds is 1. The molecule has 27 heavy (non-hydrogen) atoms. The molecule has 6 nitrogen and oxygen atoms in total.